The van der Waals surface area contributed by atoms with Crippen molar-refractivity contribution in [1.82, 2.24) is 14.9 Å². The molecule has 2 aromatic rings. The highest BCUT2D eigenvalue weighted by molar-refractivity contribution is 9.10. The largest absolute Gasteiger partial charge is 0.492 e. The number of aryl methyl sites for hydroxylation is 1. The van der Waals surface area contributed by atoms with Gasteiger partial charge in [0.05, 0.1) is 12.2 Å². The average molecular weight is 324 g/mol. The van der Waals surface area contributed by atoms with Gasteiger partial charge in [-0.3, -0.25) is 0 Å². The van der Waals surface area contributed by atoms with Crippen molar-refractivity contribution in [2.45, 2.75) is 20.0 Å². The summed E-state index contributed by atoms with van der Waals surface area (Å²) in [4.78, 5) is 4.33. The first-order chi connectivity index (χ1) is 9.20. The average Bonchev–Trinajstić information content (AvgIpc) is 2.72. The number of nitrogens with one attached hydrogen (secondary N) is 1. The molecule has 102 valence electrons. The van der Waals surface area contributed by atoms with Gasteiger partial charge in [0, 0.05) is 17.2 Å². The minimum Gasteiger partial charge on any atom is -0.492 e. The number of hydrogen-bond acceptors (Lipinski definition) is 3. The van der Waals surface area contributed by atoms with Crippen LogP contribution in [0.3, 0.4) is 0 Å². The summed E-state index contributed by atoms with van der Waals surface area (Å²) in [6, 6.07) is 7.88. The summed E-state index contributed by atoms with van der Waals surface area (Å²) in [5.41, 5.74) is 1.18. The zero-order valence-electron chi connectivity index (χ0n) is 11.2. The third kappa shape index (κ3) is 3.81. The van der Waals surface area contributed by atoms with Crippen LogP contribution in [0.25, 0.3) is 0 Å². The lowest BCUT2D eigenvalue weighted by molar-refractivity contribution is 0.294. The summed E-state index contributed by atoms with van der Waals surface area (Å²) in [6.45, 7) is 4.26. The summed E-state index contributed by atoms with van der Waals surface area (Å²) in [7, 11) is 1.94. The Morgan fingerprint density at radius 3 is 3.00 bits per heavy atom. The Bertz CT molecular complexity index is 539. The van der Waals surface area contributed by atoms with Crippen LogP contribution < -0.4 is 10.1 Å². The standard InChI is InChI=1S/C14H18BrN3O/c1-11-17-10-13(9-16-2)18(11)6-7-19-14-5-3-4-12(15)8-14/h3-5,8,10,16H,6-7,9H2,1-2H3. The Kier molecular flexibility index (Phi) is 4.99. The van der Waals surface area contributed by atoms with Gasteiger partial charge in [-0.05, 0) is 32.2 Å². The molecule has 0 aliphatic rings. The molecule has 0 amide bonds. The van der Waals surface area contributed by atoms with Crippen molar-refractivity contribution in [2.75, 3.05) is 13.7 Å². The molecule has 0 atom stereocenters. The smallest absolute Gasteiger partial charge is 0.120 e. The maximum atomic E-state index is 5.75. The van der Waals surface area contributed by atoms with Crippen LogP contribution in [0.1, 0.15) is 11.5 Å². The van der Waals surface area contributed by atoms with Crippen LogP contribution >= 0.6 is 15.9 Å². The highest BCUT2D eigenvalue weighted by Gasteiger charge is 2.05. The van der Waals surface area contributed by atoms with Gasteiger partial charge in [0.1, 0.15) is 18.2 Å². The predicted molar refractivity (Wildman–Crippen MR) is 79.4 cm³/mol. The molecule has 0 bridgehead atoms. The number of nitrogens with zero attached hydrogens (tertiary/aromatic N) is 2. The fourth-order valence-electron chi connectivity index (χ4n) is 1.95. The first-order valence-corrected chi connectivity index (χ1v) is 7.04. The molecule has 0 aliphatic heterocycles. The maximum Gasteiger partial charge on any atom is 0.120 e. The molecule has 1 aromatic heterocycles. The third-order valence-electron chi connectivity index (χ3n) is 2.88. The minimum atomic E-state index is 0.629. The van der Waals surface area contributed by atoms with Crippen LogP contribution in [0.5, 0.6) is 5.75 Å². The normalized spacial score (nSPS) is 10.7. The van der Waals surface area contributed by atoms with Crippen LogP contribution in [0, 0.1) is 6.92 Å². The number of ether oxygens (including phenoxy) is 1. The van der Waals surface area contributed by atoms with Crippen molar-refractivity contribution in [3.8, 4) is 5.75 Å². The molecule has 5 heteroatoms. The van der Waals surface area contributed by atoms with E-state index in [-0.39, 0.29) is 0 Å². The highest BCUT2D eigenvalue weighted by atomic mass is 79.9. The second-order valence-corrected chi connectivity index (χ2v) is 5.20. The maximum absolute atomic E-state index is 5.75. The van der Waals surface area contributed by atoms with Crippen LogP contribution in [0.4, 0.5) is 0 Å². The van der Waals surface area contributed by atoms with E-state index in [4.69, 9.17) is 4.74 Å². The number of halogens is 1. The van der Waals surface area contributed by atoms with Gasteiger partial charge in [-0.1, -0.05) is 22.0 Å². The monoisotopic (exact) mass is 323 g/mol. The van der Waals surface area contributed by atoms with Gasteiger partial charge in [0.15, 0.2) is 0 Å². The second kappa shape index (κ2) is 6.73. The molecule has 1 heterocycles. The number of rotatable bonds is 6. The van der Waals surface area contributed by atoms with Gasteiger partial charge in [-0.25, -0.2) is 4.98 Å². The van der Waals surface area contributed by atoms with Crippen LogP contribution in [0.15, 0.2) is 34.9 Å². The fourth-order valence-corrected chi connectivity index (χ4v) is 2.33. The van der Waals surface area contributed by atoms with E-state index in [2.05, 4.69) is 30.8 Å². The van der Waals surface area contributed by atoms with Crippen LogP contribution in [-0.4, -0.2) is 23.2 Å². The lowest BCUT2D eigenvalue weighted by Crippen LogP contribution is -2.16. The predicted octanol–water partition coefficient (Wildman–Crippen LogP) is 2.75. The van der Waals surface area contributed by atoms with E-state index >= 15 is 0 Å². The van der Waals surface area contributed by atoms with Crippen LogP contribution in [-0.2, 0) is 13.1 Å². The highest BCUT2D eigenvalue weighted by Crippen LogP contribution is 2.17. The van der Waals surface area contributed by atoms with E-state index in [9.17, 15) is 0 Å². The molecular formula is C14H18BrN3O. The van der Waals surface area contributed by atoms with E-state index in [1.54, 1.807) is 0 Å². The van der Waals surface area contributed by atoms with Gasteiger partial charge in [0.2, 0.25) is 0 Å². The Balaban J connectivity index is 1.94. The van der Waals surface area contributed by atoms with Gasteiger partial charge in [0.25, 0.3) is 0 Å². The molecule has 1 aromatic carbocycles. The summed E-state index contributed by atoms with van der Waals surface area (Å²) in [6.07, 6.45) is 1.91. The topological polar surface area (TPSA) is 39.1 Å². The molecule has 2 rings (SSSR count). The molecule has 0 spiro atoms. The molecule has 0 fully saturated rings. The molecule has 0 saturated carbocycles. The van der Waals surface area contributed by atoms with E-state index in [1.807, 2.05) is 44.4 Å². The lowest BCUT2D eigenvalue weighted by Gasteiger charge is -2.11. The molecular weight excluding hydrogens is 306 g/mol. The quantitative estimate of drug-likeness (QED) is 0.888. The number of imidazole rings is 1. The van der Waals surface area contributed by atoms with Crippen molar-refractivity contribution in [3.63, 3.8) is 0 Å². The summed E-state index contributed by atoms with van der Waals surface area (Å²) >= 11 is 3.43. The molecule has 0 aliphatic carbocycles. The molecule has 4 nitrogen and oxygen atoms in total. The molecule has 1 N–H and O–H groups in total. The molecule has 0 saturated heterocycles. The van der Waals surface area contributed by atoms with E-state index < -0.39 is 0 Å². The van der Waals surface area contributed by atoms with Crippen LogP contribution in [0.2, 0.25) is 0 Å². The summed E-state index contributed by atoms with van der Waals surface area (Å²) < 4.78 is 8.95. The van der Waals surface area contributed by atoms with Crippen molar-refractivity contribution < 1.29 is 4.74 Å². The SMILES string of the molecule is CNCc1cnc(C)n1CCOc1cccc(Br)c1. The molecule has 19 heavy (non-hydrogen) atoms. The summed E-state index contributed by atoms with van der Waals surface area (Å²) in [5, 5.41) is 3.15. The van der Waals surface area contributed by atoms with Gasteiger partial charge < -0.3 is 14.6 Å². The van der Waals surface area contributed by atoms with Gasteiger partial charge in [-0.15, -0.1) is 0 Å². The minimum absolute atomic E-state index is 0.629. The van der Waals surface area contributed by atoms with Crippen molar-refractivity contribution in [1.29, 1.82) is 0 Å². The first-order valence-electron chi connectivity index (χ1n) is 6.24. The van der Waals surface area contributed by atoms with E-state index in [0.29, 0.717) is 6.61 Å². The lowest BCUT2D eigenvalue weighted by atomic mass is 10.3. The van der Waals surface area contributed by atoms with Crippen molar-refractivity contribution in [3.05, 3.63) is 46.5 Å². The van der Waals surface area contributed by atoms with Crippen molar-refractivity contribution in [2.24, 2.45) is 0 Å². The third-order valence-corrected chi connectivity index (χ3v) is 3.37. The zero-order valence-corrected chi connectivity index (χ0v) is 12.8. The zero-order chi connectivity index (χ0) is 13.7. The fraction of sp³-hybridized carbons (Fsp3) is 0.357. The first kappa shape index (κ1) is 14.1. The van der Waals surface area contributed by atoms with Crippen molar-refractivity contribution >= 4 is 15.9 Å². The number of aromatic nitrogens is 2. The molecule has 0 unspecified atom stereocenters. The number of benzene rings is 1. The Morgan fingerprint density at radius 1 is 1.42 bits per heavy atom. The Hall–Kier alpha value is -1.33. The Morgan fingerprint density at radius 2 is 2.26 bits per heavy atom. The Labute approximate surface area is 121 Å². The van der Waals surface area contributed by atoms with Gasteiger partial charge >= 0.3 is 0 Å². The second-order valence-electron chi connectivity index (χ2n) is 4.28. The van der Waals surface area contributed by atoms with Gasteiger partial charge in [-0.2, -0.15) is 0 Å². The van der Waals surface area contributed by atoms with E-state index in [0.717, 1.165) is 29.1 Å². The summed E-state index contributed by atoms with van der Waals surface area (Å²) in [5.74, 6) is 1.89. The molecule has 0 radical (unpaired) electrons. The number of hydrogen-bond donors (Lipinski definition) is 1. The van der Waals surface area contributed by atoms with E-state index in [1.165, 1.54) is 5.69 Å².